The summed E-state index contributed by atoms with van der Waals surface area (Å²) in [5, 5.41) is 9.70. The lowest BCUT2D eigenvalue weighted by molar-refractivity contribution is 0.254. The number of aryl methyl sites for hydroxylation is 2. The molecule has 2 aliphatic rings. The van der Waals surface area contributed by atoms with Crippen molar-refractivity contribution < 1.29 is 5.11 Å². The maximum Gasteiger partial charge on any atom is 0.134 e. The third kappa shape index (κ3) is 2.31. The van der Waals surface area contributed by atoms with Gasteiger partial charge in [-0.25, -0.2) is 4.98 Å². The molecule has 2 bridgehead atoms. The molecule has 0 spiro atoms. The molecule has 3 rings (SSSR count). The summed E-state index contributed by atoms with van der Waals surface area (Å²) in [6.07, 6.45) is 3.82. The third-order valence-electron chi connectivity index (χ3n) is 5.06. The highest BCUT2D eigenvalue weighted by Gasteiger charge is 2.35. The fourth-order valence-corrected chi connectivity index (χ4v) is 3.80. The van der Waals surface area contributed by atoms with Crippen molar-refractivity contribution in [1.29, 1.82) is 0 Å². The molecule has 2 unspecified atom stereocenters. The molecular formula is C16H25N3O. The fourth-order valence-electron chi connectivity index (χ4n) is 3.80. The van der Waals surface area contributed by atoms with E-state index in [0.717, 1.165) is 41.8 Å². The molecule has 2 fully saturated rings. The zero-order valence-corrected chi connectivity index (χ0v) is 12.8. The van der Waals surface area contributed by atoms with Crippen molar-refractivity contribution in [3.8, 4) is 0 Å². The molecule has 1 N–H and O–H groups in total. The van der Waals surface area contributed by atoms with Crippen LogP contribution in [0.3, 0.4) is 0 Å². The minimum Gasteiger partial charge on any atom is -0.392 e. The minimum absolute atomic E-state index is 0.0783. The van der Waals surface area contributed by atoms with Crippen LogP contribution in [0.1, 0.15) is 36.1 Å². The number of likely N-dealkylation sites (N-methyl/N-ethyl adjacent to an activating group) is 1. The van der Waals surface area contributed by atoms with E-state index in [1.807, 2.05) is 6.92 Å². The summed E-state index contributed by atoms with van der Waals surface area (Å²) in [6, 6.07) is 3.43. The smallest absolute Gasteiger partial charge is 0.134 e. The third-order valence-corrected chi connectivity index (χ3v) is 5.06. The van der Waals surface area contributed by atoms with Crippen molar-refractivity contribution in [1.82, 2.24) is 9.88 Å². The van der Waals surface area contributed by atoms with Crippen LogP contribution in [-0.2, 0) is 6.61 Å². The summed E-state index contributed by atoms with van der Waals surface area (Å²) in [5.41, 5.74) is 3.19. The lowest BCUT2D eigenvalue weighted by Crippen LogP contribution is -2.37. The highest BCUT2D eigenvalue weighted by atomic mass is 16.3. The van der Waals surface area contributed by atoms with Gasteiger partial charge in [0.05, 0.1) is 6.61 Å². The number of hydrogen-bond donors (Lipinski definition) is 1. The topological polar surface area (TPSA) is 39.6 Å². The summed E-state index contributed by atoms with van der Waals surface area (Å²) in [7, 11) is 2.26. The number of pyridine rings is 1. The first kappa shape index (κ1) is 13.8. The Morgan fingerprint density at radius 2 is 2.00 bits per heavy atom. The van der Waals surface area contributed by atoms with E-state index in [9.17, 15) is 5.11 Å². The van der Waals surface area contributed by atoms with Crippen LogP contribution in [0, 0.1) is 13.8 Å². The molecule has 0 aliphatic carbocycles. The van der Waals surface area contributed by atoms with Gasteiger partial charge in [-0.2, -0.15) is 0 Å². The van der Waals surface area contributed by atoms with E-state index in [4.69, 9.17) is 4.98 Å². The number of aliphatic hydroxyl groups excluding tert-OH is 1. The molecule has 2 atom stereocenters. The number of hydrogen-bond acceptors (Lipinski definition) is 4. The van der Waals surface area contributed by atoms with Gasteiger partial charge in [0, 0.05) is 36.4 Å². The lowest BCUT2D eigenvalue weighted by Gasteiger charge is -2.29. The highest BCUT2D eigenvalue weighted by molar-refractivity contribution is 5.51. The van der Waals surface area contributed by atoms with E-state index < -0.39 is 0 Å². The summed E-state index contributed by atoms with van der Waals surface area (Å²) in [6.45, 7) is 6.27. The van der Waals surface area contributed by atoms with Crippen molar-refractivity contribution in [3.05, 3.63) is 22.9 Å². The lowest BCUT2D eigenvalue weighted by atomic mass is 10.1. The maximum absolute atomic E-state index is 9.70. The zero-order chi connectivity index (χ0) is 14.3. The fraction of sp³-hybridized carbons (Fsp3) is 0.688. The van der Waals surface area contributed by atoms with Crippen molar-refractivity contribution in [3.63, 3.8) is 0 Å². The first-order chi connectivity index (χ1) is 9.60. The van der Waals surface area contributed by atoms with Gasteiger partial charge in [-0.05, 0) is 51.8 Å². The standard InChI is InChI=1S/C16H25N3O/c1-11-8-12(2)17-16(15(11)10-20)19-7-6-13-4-5-14(9-19)18(13)3/h8,13-14,20H,4-7,9-10H2,1-3H3. The Morgan fingerprint density at radius 1 is 1.25 bits per heavy atom. The zero-order valence-electron chi connectivity index (χ0n) is 12.8. The number of nitrogens with zero attached hydrogens (tertiary/aromatic N) is 3. The molecule has 1 aromatic rings. The predicted molar refractivity (Wildman–Crippen MR) is 81.0 cm³/mol. The average molecular weight is 275 g/mol. The van der Waals surface area contributed by atoms with E-state index in [-0.39, 0.29) is 6.61 Å². The molecule has 20 heavy (non-hydrogen) atoms. The number of rotatable bonds is 2. The van der Waals surface area contributed by atoms with E-state index in [1.165, 1.54) is 19.3 Å². The van der Waals surface area contributed by atoms with Crippen LogP contribution in [0.2, 0.25) is 0 Å². The van der Waals surface area contributed by atoms with Crippen molar-refractivity contribution >= 4 is 5.82 Å². The Labute approximate surface area is 121 Å². The second-order valence-corrected chi connectivity index (χ2v) is 6.33. The molecule has 1 aromatic heterocycles. The summed E-state index contributed by atoms with van der Waals surface area (Å²) in [5.74, 6) is 1.01. The SMILES string of the molecule is Cc1cc(C)c(CO)c(N2CCC3CCC(C2)N3C)n1. The first-order valence-electron chi connectivity index (χ1n) is 7.65. The van der Waals surface area contributed by atoms with Crippen LogP contribution in [0.5, 0.6) is 0 Å². The second kappa shape index (κ2) is 5.34. The summed E-state index contributed by atoms with van der Waals surface area (Å²) < 4.78 is 0. The van der Waals surface area contributed by atoms with E-state index in [2.05, 4.69) is 29.8 Å². The van der Waals surface area contributed by atoms with Crippen LogP contribution in [0.25, 0.3) is 0 Å². The quantitative estimate of drug-likeness (QED) is 0.894. The van der Waals surface area contributed by atoms with Crippen LogP contribution in [0.4, 0.5) is 5.82 Å². The van der Waals surface area contributed by atoms with Gasteiger partial charge in [0.2, 0.25) is 0 Å². The monoisotopic (exact) mass is 275 g/mol. The Balaban J connectivity index is 1.93. The molecule has 0 amide bonds. The molecule has 3 heterocycles. The van der Waals surface area contributed by atoms with Crippen LogP contribution in [0.15, 0.2) is 6.07 Å². The number of aliphatic hydroxyl groups is 1. The number of fused-ring (bicyclic) bond motifs is 2. The van der Waals surface area contributed by atoms with Crippen molar-refractivity contribution in [2.45, 2.75) is 51.8 Å². The molecular weight excluding hydrogens is 250 g/mol. The van der Waals surface area contributed by atoms with Crippen LogP contribution < -0.4 is 4.90 Å². The molecule has 110 valence electrons. The first-order valence-corrected chi connectivity index (χ1v) is 7.65. The van der Waals surface area contributed by atoms with E-state index >= 15 is 0 Å². The molecule has 0 radical (unpaired) electrons. The van der Waals surface area contributed by atoms with Crippen molar-refractivity contribution in [2.24, 2.45) is 0 Å². The minimum atomic E-state index is 0.0783. The van der Waals surface area contributed by atoms with Gasteiger partial charge in [0.1, 0.15) is 5.82 Å². The van der Waals surface area contributed by atoms with Crippen LogP contribution in [-0.4, -0.2) is 47.2 Å². The Kier molecular flexibility index (Phi) is 3.69. The Bertz CT molecular complexity index is 503. The van der Waals surface area contributed by atoms with Gasteiger partial charge in [0.15, 0.2) is 0 Å². The van der Waals surface area contributed by atoms with Gasteiger partial charge in [-0.3, -0.25) is 4.90 Å². The van der Waals surface area contributed by atoms with Crippen LogP contribution >= 0.6 is 0 Å². The van der Waals surface area contributed by atoms with E-state index in [1.54, 1.807) is 0 Å². The van der Waals surface area contributed by atoms with Gasteiger partial charge in [-0.1, -0.05) is 0 Å². The van der Waals surface area contributed by atoms with E-state index in [0.29, 0.717) is 6.04 Å². The average Bonchev–Trinajstić information content (AvgIpc) is 2.62. The predicted octanol–water partition coefficient (Wildman–Crippen LogP) is 1.86. The second-order valence-electron chi connectivity index (χ2n) is 6.33. The molecule has 0 saturated carbocycles. The normalized spacial score (nSPS) is 26.9. The largest absolute Gasteiger partial charge is 0.392 e. The number of anilines is 1. The van der Waals surface area contributed by atoms with Crippen molar-refractivity contribution in [2.75, 3.05) is 25.0 Å². The highest BCUT2D eigenvalue weighted by Crippen LogP contribution is 2.32. The summed E-state index contributed by atoms with van der Waals surface area (Å²) >= 11 is 0. The van der Waals surface area contributed by atoms with Gasteiger partial charge in [0.25, 0.3) is 0 Å². The van der Waals surface area contributed by atoms with Gasteiger partial charge in [-0.15, -0.1) is 0 Å². The Morgan fingerprint density at radius 3 is 2.75 bits per heavy atom. The molecule has 2 saturated heterocycles. The molecule has 0 aromatic carbocycles. The van der Waals surface area contributed by atoms with Gasteiger partial charge < -0.3 is 10.0 Å². The molecule has 2 aliphatic heterocycles. The van der Waals surface area contributed by atoms with Gasteiger partial charge >= 0.3 is 0 Å². The summed E-state index contributed by atoms with van der Waals surface area (Å²) in [4.78, 5) is 9.66. The maximum atomic E-state index is 9.70. The molecule has 4 heteroatoms. The Hall–Kier alpha value is -1.13. The molecule has 4 nitrogen and oxygen atoms in total. The number of aromatic nitrogens is 1.